The fourth-order valence-electron chi connectivity index (χ4n) is 2.65. The van der Waals surface area contributed by atoms with Gasteiger partial charge in [0, 0.05) is 20.8 Å². The standard InChI is InChI=1S/C19H20ClFN4O2.H2/c1-11-15(10-22)18(23-12(2)17(11)20)24-16(8-9-26)19(27)25(3)14-6-4-13(21)5-7-14;/h4-7,16,26H,8-9H2,1-3H3,(H,23,24);1H/t16-;/m0./s1. The molecule has 1 heterocycles. The van der Waals surface area contributed by atoms with E-state index in [2.05, 4.69) is 10.3 Å². The summed E-state index contributed by atoms with van der Waals surface area (Å²) in [7, 11) is 1.55. The van der Waals surface area contributed by atoms with Crippen LogP contribution in [-0.4, -0.2) is 35.7 Å². The van der Waals surface area contributed by atoms with Crippen LogP contribution in [0.3, 0.4) is 0 Å². The molecule has 2 rings (SSSR count). The average Bonchev–Trinajstić information content (AvgIpc) is 2.65. The van der Waals surface area contributed by atoms with Crippen molar-refractivity contribution in [3.05, 3.63) is 51.9 Å². The van der Waals surface area contributed by atoms with Crippen LogP contribution >= 0.6 is 11.6 Å². The lowest BCUT2D eigenvalue weighted by Crippen LogP contribution is -2.42. The van der Waals surface area contributed by atoms with Gasteiger partial charge < -0.3 is 15.3 Å². The number of nitrogens with one attached hydrogen (secondary N) is 1. The van der Waals surface area contributed by atoms with Crippen LogP contribution in [0.2, 0.25) is 5.02 Å². The highest BCUT2D eigenvalue weighted by molar-refractivity contribution is 6.32. The van der Waals surface area contributed by atoms with E-state index >= 15 is 0 Å². The molecule has 0 fully saturated rings. The number of nitriles is 1. The molecule has 144 valence electrons. The zero-order valence-corrected chi connectivity index (χ0v) is 16.0. The maximum absolute atomic E-state index is 13.1. The van der Waals surface area contributed by atoms with E-state index in [1.165, 1.54) is 29.2 Å². The minimum Gasteiger partial charge on any atom is -0.396 e. The summed E-state index contributed by atoms with van der Waals surface area (Å²) in [6, 6.07) is 6.71. The molecule has 0 unspecified atom stereocenters. The van der Waals surface area contributed by atoms with Gasteiger partial charge in [0.2, 0.25) is 5.91 Å². The van der Waals surface area contributed by atoms with Crippen molar-refractivity contribution in [1.82, 2.24) is 4.98 Å². The van der Waals surface area contributed by atoms with Gasteiger partial charge in [-0.25, -0.2) is 9.37 Å². The highest BCUT2D eigenvalue weighted by Crippen LogP contribution is 2.27. The number of benzene rings is 1. The highest BCUT2D eigenvalue weighted by Gasteiger charge is 2.25. The van der Waals surface area contributed by atoms with E-state index in [1.807, 2.05) is 6.07 Å². The molecular weight excluding hydrogens is 371 g/mol. The van der Waals surface area contributed by atoms with Gasteiger partial charge in [-0.15, -0.1) is 0 Å². The topological polar surface area (TPSA) is 89.2 Å². The second-order valence-electron chi connectivity index (χ2n) is 6.05. The molecule has 0 bridgehead atoms. The number of amides is 1. The molecule has 0 saturated heterocycles. The number of aliphatic hydroxyl groups is 1. The van der Waals surface area contributed by atoms with E-state index in [9.17, 15) is 19.6 Å². The van der Waals surface area contributed by atoms with Crippen LogP contribution in [-0.2, 0) is 4.79 Å². The van der Waals surface area contributed by atoms with Crippen LogP contribution in [0.5, 0.6) is 0 Å². The van der Waals surface area contributed by atoms with Crippen molar-refractivity contribution in [2.45, 2.75) is 26.3 Å². The minimum atomic E-state index is -0.829. The van der Waals surface area contributed by atoms with E-state index in [1.54, 1.807) is 20.9 Å². The molecule has 27 heavy (non-hydrogen) atoms. The van der Waals surface area contributed by atoms with E-state index in [0.29, 0.717) is 22.0 Å². The van der Waals surface area contributed by atoms with E-state index in [-0.39, 0.29) is 31.7 Å². The molecule has 0 spiro atoms. The Morgan fingerprint density at radius 1 is 1.44 bits per heavy atom. The van der Waals surface area contributed by atoms with Crippen LogP contribution in [0.1, 0.15) is 24.7 Å². The first-order valence-corrected chi connectivity index (χ1v) is 8.65. The van der Waals surface area contributed by atoms with E-state index in [0.717, 1.165) is 0 Å². The number of pyridine rings is 1. The SMILES string of the molecule is Cc1nc(N[C@@H](CCO)C(=O)N(C)c2ccc(F)cc2)c(C#N)c(C)c1Cl.[HH]. The predicted molar refractivity (Wildman–Crippen MR) is 104 cm³/mol. The number of halogens is 2. The molecule has 0 radical (unpaired) electrons. The summed E-state index contributed by atoms with van der Waals surface area (Å²) in [5, 5.41) is 22.2. The van der Waals surface area contributed by atoms with Gasteiger partial charge in [-0.3, -0.25) is 4.79 Å². The van der Waals surface area contributed by atoms with Gasteiger partial charge in [-0.05, 0) is 50.1 Å². The third kappa shape index (κ3) is 4.54. The first-order valence-electron chi connectivity index (χ1n) is 8.27. The number of rotatable bonds is 6. The number of likely N-dealkylation sites (N-methyl/N-ethyl adjacent to an activating group) is 1. The second kappa shape index (κ2) is 8.80. The molecule has 0 aliphatic heterocycles. The summed E-state index contributed by atoms with van der Waals surface area (Å²) in [5.74, 6) is -0.526. The van der Waals surface area contributed by atoms with Gasteiger partial charge in [-0.1, -0.05) is 11.6 Å². The molecule has 6 nitrogen and oxygen atoms in total. The zero-order chi connectivity index (χ0) is 20.1. The largest absolute Gasteiger partial charge is 0.396 e. The molecule has 0 aliphatic carbocycles. The molecule has 1 amide bonds. The van der Waals surface area contributed by atoms with E-state index < -0.39 is 11.9 Å². The Morgan fingerprint density at radius 3 is 2.63 bits per heavy atom. The lowest BCUT2D eigenvalue weighted by molar-refractivity contribution is -0.119. The molecule has 2 N–H and O–H groups in total. The Labute approximate surface area is 163 Å². The Hall–Kier alpha value is -2.69. The van der Waals surface area contributed by atoms with Crippen LogP contribution < -0.4 is 10.2 Å². The fourth-order valence-corrected chi connectivity index (χ4v) is 2.79. The van der Waals surface area contributed by atoms with Crippen LogP contribution in [0.4, 0.5) is 15.9 Å². The van der Waals surface area contributed by atoms with Crippen LogP contribution in [0.25, 0.3) is 0 Å². The molecular formula is C19H22ClFN4O2. The number of aliphatic hydroxyl groups excluding tert-OH is 1. The van der Waals surface area contributed by atoms with Crippen molar-refractivity contribution < 1.29 is 15.7 Å². The smallest absolute Gasteiger partial charge is 0.249 e. The van der Waals surface area contributed by atoms with Crippen LogP contribution in [0, 0.1) is 31.0 Å². The van der Waals surface area contributed by atoms with Crippen molar-refractivity contribution >= 4 is 29.0 Å². The molecule has 8 heteroatoms. The number of carbonyl (C=O) groups excluding carboxylic acids is 1. The summed E-state index contributed by atoms with van der Waals surface area (Å²) in [5.41, 5.74) is 1.84. The van der Waals surface area contributed by atoms with Crippen molar-refractivity contribution in [3.8, 4) is 6.07 Å². The number of hydrogen-bond donors (Lipinski definition) is 2. The quantitative estimate of drug-likeness (QED) is 0.786. The van der Waals surface area contributed by atoms with Gasteiger partial charge in [0.05, 0.1) is 16.3 Å². The number of aryl methyl sites for hydroxylation is 1. The van der Waals surface area contributed by atoms with E-state index in [4.69, 9.17) is 11.6 Å². The van der Waals surface area contributed by atoms with Crippen molar-refractivity contribution in [3.63, 3.8) is 0 Å². The summed E-state index contributed by atoms with van der Waals surface area (Å²) in [6.45, 7) is 3.16. The van der Waals surface area contributed by atoms with Crippen LogP contribution in [0.15, 0.2) is 24.3 Å². The Bertz CT molecular complexity index is 887. The monoisotopic (exact) mass is 392 g/mol. The lowest BCUT2D eigenvalue weighted by atomic mass is 10.1. The summed E-state index contributed by atoms with van der Waals surface area (Å²) in [4.78, 5) is 18.5. The van der Waals surface area contributed by atoms with Gasteiger partial charge in [-0.2, -0.15) is 5.26 Å². The average molecular weight is 393 g/mol. The lowest BCUT2D eigenvalue weighted by Gasteiger charge is -2.25. The number of anilines is 2. The Morgan fingerprint density at radius 2 is 2.07 bits per heavy atom. The van der Waals surface area contributed by atoms with Gasteiger partial charge >= 0.3 is 0 Å². The van der Waals surface area contributed by atoms with Crippen molar-refractivity contribution in [2.75, 3.05) is 23.9 Å². The molecule has 1 atom stereocenters. The summed E-state index contributed by atoms with van der Waals surface area (Å²) in [6.07, 6.45) is 0.109. The summed E-state index contributed by atoms with van der Waals surface area (Å²) >= 11 is 6.15. The van der Waals surface area contributed by atoms with Gasteiger partial charge in [0.1, 0.15) is 23.7 Å². The first kappa shape index (κ1) is 20.6. The maximum atomic E-state index is 13.1. The fraction of sp³-hybridized carbons (Fsp3) is 0.316. The third-order valence-electron chi connectivity index (χ3n) is 4.22. The van der Waals surface area contributed by atoms with Crippen molar-refractivity contribution in [2.24, 2.45) is 0 Å². The Kier molecular flexibility index (Phi) is 6.72. The maximum Gasteiger partial charge on any atom is 0.249 e. The first-order chi connectivity index (χ1) is 12.8. The van der Waals surface area contributed by atoms with Crippen molar-refractivity contribution in [1.29, 1.82) is 5.26 Å². The third-order valence-corrected chi connectivity index (χ3v) is 4.78. The molecule has 1 aromatic heterocycles. The normalized spacial score (nSPS) is 11.6. The number of hydrogen-bond acceptors (Lipinski definition) is 5. The molecule has 0 aliphatic rings. The summed E-state index contributed by atoms with van der Waals surface area (Å²) < 4.78 is 13.1. The minimum absolute atomic E-state index is 0. The molecule has 2 aromatic rings. The predicted octanol–water partition coefficient (Wildman–Crippen LogP) is 3.43. The highest BCUT2D eigenvalue weighted by atomic mass is 35.5. The number of nitrogens with zero attached hydrogens (tertiary/aromatic N) is 3. The van der Waals surface area contributed by atoms with Gasteiger partial charge in [0.25, 0.3) is 0 Å². The zero-order valence-electron chi connectivity index (χ0n) is 15.3. The number of aromatic nitrogens is 1. The second-order valence-corrected chi connectivity index (χ2v) is 6.43. The Balaban J connectivity index is 0.00000392. The van der Waals surface area contributed by atoms with Gasteiger partial charge in [0.15, 0.2) is 0 Å². The number of carbonyl (C=O) groups is 1. The molecule has 1 aromatic carbocycles. The molecule has 0 saturated carbocycles.